The Labute approximate surface area is 178 Å². The molecule has 4 atom stereocenters. The van der Waals surface area contributed by atoms with Gasteiger partial charge in [-0.1, -0.05) is 19.1 Å². The van der Waals surface area contributed by atoms with Crippen molar-refractivity contribution in [2.24, 2.45) is 5.92 Å². The van der Waals surface area contributed by atoms with Crippen LogP contribution in [0.25, 0.3) is 11.0 Å². The molecule has 1 aromatic carbocycles. The minimum absolute atomic E-state index is 0.141. The summed E-state index contributed by atoms with van der Waals surface area (Å²) in [6.07, 6.45) is 4.98. The Morgan fingerprint density at radius 2 is 1.90 bits per heavy atom. The van der Waals surface area contributed by atoms with Crippen LogP contribution in [0, 0.1) is 5.92 Å². The number of aromatic nitrogens is 2. The lowest BCUT2D eigenvalue weighted by Gasteiger charge is -2.44. The van der Waals surface area contributed by atoms with Crippen LogP contribution in [0.2, 0.25) is 0 Å². The first-order valence-electron chi connectivity index (χ1n) is 11.4. The van der Waals surface area contributed by atoms with Gasteiger partial charge in [-0.2, -0.15) is 0 Å². The number of hydrogen-bond donors (Lipinski definition) is 2. The quantitative estimate of drug-likeness (QED) is 0.787. The minimum atomic E-state index is -0.740. The van der Waals surface area contributed by atoms with Crippen LogP contribution in [-0.4, -0.2) is 75.2 Å². The van der Waals surface area contributed by atoms with Crippen LogP contribution >= 0.6 is 0 Å². The van der Waals surface area contributed by atoms with Gasteiger partial charge >= 0.3 is 5.97 Å². The van der Waals surface area contributed by atoms with Crippen molar-refractivity contribution in [3.63, 3.8) is 0 Å². The van der Waals surface area contributed by atoms with Crippen LogP contribution in [0.15, 0.2) is 24.3 Å². The summed E-state index contributed by atoms with van der Waals surface area (Å²) >= 11 is 0. The number of carbonyl (C=O) groups is 1. The first kappa shape index (κ1) is 20.0. The number of nitrogens with one attached hydrogen (secondary N) is 1. The molecular weight excluding hydrogens is 378 g/mol. The highest BCUT2D eigenvalue weighted by Gasteiger charge is 2.37. The van der Waals surface area contributed by atoms with Crippen molar-refractivity contribution in [1.82, 2.24) is 24.7 Å². The van der Waals surface area contributed by atoms with Crippen LogP contribution < -0.4 is 5.32 Å². The molecule has 7 heteroatoms. The van der Waals surface area contributed by atoms with E-state index in [2.05, 4.69) is 46.0 Å². The third kappa shape index (κ3) is 3.98. The van der Waals surface area contributed by atoms with E-state index < -0.39 is 5.97 Å². The zero-order chi connectivity index (χ0) is 20.7. The standard InChI is InChI=1S/C23H33N5O2/c1-16-6-7-17-12-18(13-20(16)24-17)28-21-5-3-2-4-19(21)25-22(28)14-26-8-10-27(11-9-26)15-23(29)30/h2-5,16-18,20,24H,6-15H2,1H3,(H,29,30). The number of nitrogens with zero attached hydrogens (tertiary/aromatic N) is 4. The zero-order valence-corrected chi connectivity index (χ0v) is 17.8. The maximum absolute atomic E-state index is 11.0. The number of piperidine rings is 2. The van der Waals surface area contributed by atoms with Crippen molar-refractivity contribution in [3.8, 4) is 0 Å². The van der Waals surface area contributed by atoms with E-state index in [1.807, 2.05) is 4.90 Å². The predicted octanol–water partition coefficient (Wildman–Crippen LogP) is 2.33. The maximum atomic E-state index is 11.0. The smallest absolute Gasteiger partial charge is 0.317 e. The van der Waals surface area contributed by atoms with Crippen molar-refractivity contribution in [2.75, 3.05) is 32.7 Å². The Balaban J connectivity index is 1.37. The molecule has 3 aliphatic rings. The fourth-order valence-electron chi connectivity index (χ4n) is 5.74. The predicted molar refractivity (Wildman–Crippen MR) is 116 cm³/mol. The van der Waals surface area contributed by atoms with Crippen molar-refractivity contribution in [1.29, 1.82) is 0 Å². The third-order valence-corrected chi connectivity index (χ3v) is 7.41. The van der Waals surface area contributed by atoms with E-state index in [9.17, 15) is 4.79 Å². The molecule has 0 spiro atoms. The second-order valence-electron chi connectivity index (χ2n) is 9.48. The van der Waals surface area contributed by atoms with E-state index >= 15 is 0 Å². The van der Waals surface area contributed by atoms with Gasteiger partial charge in [-0.05, 0) is 43.7 Å². The van der Waals surface area contributed by atoms with Crippen molar-refractivity contribution in [3.05, 3.63) is 30.1 Å². The average Bonchev–Trinajstić information content (AvgIpc) is 3.10. The summed E-state index contributed by atoms with van der Waals surface area (Å²) in [6.45, 7) is 6.77. The Hall–Kier alpha value is -1.96. The molecule has 7 nitrogen and oxygen atoms in total. The van der Waals surface area contributed by atoms with Gasteiger partial charge in [0.25, 0.3) is 0 Å². The second-order valence-corrected chi connectivity index (χ2v) is 9.48. The summed E-state index contributed by atoms with van der Waals surface area (Å²) in [6, 6.07) is 10.3. The summed E-state index contributed by atoms with van der Waals surface area (Å²) in [7, 11) is 0. The molecule has 3 aliphatic heterocycles. The Kier molecular flexibility index (Phi) is 5.52. The summed E-state index contributed by atoms with van der Waals surface area (Å²) in [5.74, 6) is 1.17. The van der Waals surface area contributed by atoms with E-state index in [0.29, 0.717) is 18.1 Å². The zero-order valence-electron chi connectivity index (χ0n) is 17.8. The molecule has 0 saturated carbocycles. The molecule has 1 aromatic heterocycles. The van der Waals surface area contributed by atoms with Gasteiger partial charge in [0.1, 0.15) is 5.82 Å². The highest BCUT2D eigenvalue weighted by Crippen LogP contribution is 2.38. The lowest BCUT2D eigenvalue weighted by molar-refractivity contribution is -0.138. The van der Waals surface area contributed by atoms with Crippen molar-refractivity contribution in [2.45, 2.75) is 57.3 Å². The van der Waals surface area contributed by atoms with Crippen LogP contribution in [0.5, 0.6) is 0 Å². The molecule has 5 rings (SSSR count). The number of carboxylic acid groups (broad SMARTS) is 1. The number of imidazole rings is 1. The molecule has 30 heavy (non-hydrogen) atoms. The van der Waals surface area contributed by atoms with Crippen LogP contribution in [0.3, 0.4) is 0 Å². The van der Waals surface area contributed by atoms with Crippen LogP contribution in [0.4, 0.5) is 0 Å². The first-order chi connectivity index (χ1) is 14.6. The highest BCUT2D eigenvalue weighted by atomic mass is 16.4. The molecule has 2 aromatic rings. The van der Waals surface area contributed by atoms with Crippen LogP contribution in [-0.2, 0) is 11.3 Å². The first-order valence-corrected chi connectivity index (χ1v) is 11.4. The van der Waals surface area contributed by atoms with Crippen LogP contribution in [0.1, 0.15) is 44.5 Å². The molecule has 4 unspecified atom stereocenters. The summed E-state index contributed by atoms with van der Waals surface area (Å²) < 4.78 is 2.54. The average molecular weight is 412 g/mol. The number of fused-ring (bicyclic) bond motifs is 3. The second kappa shape index (κ2) is 8.29. The van der Waals surface area contributed by atoms with Gasteiger partial charge in [-0.25, -0.2) is 4.98 Å². The van der Waals surface area contributed by atoms with E-state index in [0.717, 1.165) is 44.2 Å². The molecule has 0 aliphatic carbocycles. The van der Waals surface area contributed by atoms with Gasteiger partial charge in [0.2, 0.25) is 0 Å². The van der Waals surface area contributed by atoms with Gasteiger partial charge in [0.05, 0.1) is 24.1 Å². The molecule has 3 saturated heterocycles. The van der Waals surface area contributed by atoms with Gasteiger partial charge in [0, 0.05) is 44.3 Å². The summed E-state index contributed by atoms with van der Waals surface area (Å²) in [4.78, 5) is 20.5. The number of para-hydroxylation sites is 2. The molecule has 2 bridgehead atoms. The summed E-state index contributed by atoms with van der Waals surface area (Å²) in [5.41, 5.74) is 2.35. The van der Waals surface area contributed by atoms with Gasteiger partial charge < -0.3 is 15.0 Å². The Morgan fingerprint density at radius 1 is 1.13 bits per heavy atom. The van der Waals surface area contributed by atoms with E-state index in [4.69, 9.17) is 10.1 Å². The number of aliphatic carboxylic acids is 1. The maximum Gasteiger partial charge on any atom is 0.317 e. The molecule has 2 N–H and O–H groups in total. The lowest BCUT2D eigenvalue weighted by Crippen LogP contribution is -2.52. The molecule has 0 radical (unpaired) electrons. The van der Waals surface area contributed by atoms with Crippen molar-refractivity contribution < 1.29 is 9.90 Å². The van der Waals surface area contributed by atoms with Gasteiger partial charge in [0.15, 0.2) is 0 Å². The van der Waals surface area contributed by atoms with E-state index in [1.165, 1.54) is 37.0 Å². The number of carboxylic acids is 1. The van der Waals surface area contributed by atoms with E-state index in [-0.39, 0.29) is 6.54 Å². The van der Waals surface area contributed by atoms with Gasteiger partial charge in [-0.3, -0.25) is 14.6 Å². The molecular formula is C23H33N5O2. The normalized spacial score (nSPS) is 30.6. The number of benzene rings is 1. The van der Waals surface area contributed by atoms with Gasteiger partial charge in [-0.15, -0.1) is 0 Å². The Morgan fingerprint density at radius 3 is 2.70 bits per heavy atom. The molecule has 0 amide bonds. The Bertz CT molecular complexity index is 904. The summed E-state index contributed by atoms with van der Waals surface area (Å²) in [5, 5.41) is 12.9. The third-order valence-electron chi connectivity index (χ3n) is 7.41. The largest absolute Gasteiger partial charge is 0.480 e. The fraction of sp³-hybridized carbons (Fsp3) is 0.652. The monoisotopic (exact) mass is 411 g/mol. The molecule has 162 valence electrons. The number of rotatable bonds is 5. The fourth-order valence-corrected chi connectivity index (χ4v) is 5.74. The number of hydrogen-bond acceptors (Lipinski definition) is 5. The molecule has 3 fully saturated rings. The highest BCUT2D eigenvalue weighted by molar-refractivity contribution is 5.76. The molecule has 4 heterocycles. The minimum Gasteiger partial charge on any atom is -0.480 e. The lowest BCUT2D eigenvalue weighted by atomic mass is 9.78. The van der Waals surface area contributed by atoms with Crippen molar-refractivity contribution >= 4 is 17.0 Å². The topological polar surface area (TPSA) is 73.6 Å². The SMILES string of the molecule is CC1CCC2CC(n3c(CN4CCN(CC(=O)O)CC4)nc4ccccc43)CC1N2. The number of piperazine rings is 1. The van der Waals surface area contributed by atoms with E-state index in [1.54, 1.807) is 0 Å².